The molecule has 3 aromatic rings. The Hall–Kier alpha value is -3.67. The first-order chi connectivity index (χ1) is 13.5. The van der Waals surface area contributed by atoms with Gasteiger partial charge in [0.2, 0.25) is 5.91 Å². The van der Waals surface area contributed by atoms with E-state index >= 15 is 0 Å². The summed E-state index contributed by atoms with van der Waals surface area (Å²) in [5, 5.41) is 7.37. The Bertz CT molecular complexity index is 1030. The van der Waals surface area contributed by atoms with Gasteiger partial charge in [0.05, 0.1) is 29.7 Å². The van der Waals surface area contributed by atoms with Gasteiger partial charge in [-0.2, -0.15) is 5.10 Å². The Morgan fingerprint density at radius 2 is 1.79 bits per heavy atom. The van der Waals surface area contributed by atoms with E-state index in [-0.39, 0.29) is 5.91 Å². The number of esters is 1. The lowest BCUT2D eigenvalue weighted by atomic mass is 10.1. The second-order valence-corrected chi connectivity index (χ2v) is 6.29. The van der Waals surface area contributed by atoms with E-state index in [4.69, 9.17) is 0 Å². The standard InChI is InChI=1S/C22H21N3O3/c1-15-14-16(2)25(24-15)20-7-5-4-6-19(20)23-21(26)13-10-17-8-11-18(12-9-17)22(27)28-3/h4-14H,1-3H3,(H,23,26)/b13-10+. The molecule has 1 amide bonds. The second-order valence-electron chi connectivity index (χ2n) is 6.29. The number of nitrogens with zero attached hydrogens (tertiary/aromatic N) is 2. The molecule has 0 fully saturated rings. The molecule has 0 saturated carbocycles. The SMILES string of the molecule is COC(=O)c1ccc(/C=C/C(=O)Nc2ccccc2-n2nc(C)cc2C)cc1. The van der Waals surface area contributed by atoms with Gasteiger partial charge in [0.1, 0.15) is 0 Å². The van der Waals surface area contributed by atoms with Gasteiger partial charge >= 0.3 is 5.97 Å². The summed E-state index contributed by atoms with van der Waals surface area (Å²) in [6.07, 6.45) is 3.13. The highest BCUT2D eigenvalue weighted by Crippen LogP contribution is 2.21. The molecule has 1 heterocycles. The average Bonchev–Trinajstić information content (AvgIpc) is 3.04. The van der Waals surface area contributed by atoms with Gasteiger partial charge in [-0.1, -0.05) is 24.3 Å². The van der Waals surface area contributed by atoms with Crippen molar-refractivity contribution >= 4 is 23.6 Å². The molecule has 6 heteroatoms. The number of ether oxygens (including phenoxy) is 1. The lowest BCUT2D eigenvalue weighted by molar-refractivity contribution is -0.111. The number of carbonyl (C=O) groups is 2. The molecule has 0 aliphatic heterocycles. The van der Waals surface area contributed by atoms with Gasteiger partial charge in [0.15, 0.2) is 0 Å². The van der Waals surface area contributed by atoms with E-state index in [0.29, 0.717) is 11.3 Å². The molecule has 0 aliphatic rings. The van der Waals surface area contributed by atoms with Crippen LogP contribution in [0.15, 0.2) is 60.7 Å². The molecule has 1 N–H and O–H groups in total. The van der Waals surface area contributed by atoms with Crippen molar-refractivity contribution in [2.75, 3.05) is 12.4 Å². The topological polar surface area (TPSA) is 73.2 Å². The number of aromatic nitrogens is 2. The van der Waals surface area contributed by atoms with Crippen LogP contribution in [0.4, 0.5) is 5.69 Å². The van der Waals surface area contributed by atoms with Gasteiger partial charge in [-0.15, -0.1) is 0 Å². The van der Waals surface area contributed by atoms with Gasteiger partial charge in [-0.3, -0.25) is 4.79 Å². The van der Waals surface area contributed by atoms with Crippen LogP contribution in [0, 0.1) is 13.8 Å². The minimum absolute atomic E-state index is 0.258. The molecule has 0 atom stereocenters. The van der Waals surface area contributed by atoms with Crippen molar-refractivity contribution in [3.63, 3.8) is 0 Å². The van der Waals surface area contributed by atoms with E-state index < -0.39 is 5.97 Å². The van der Waals surface area contributed by atoms with Crippen molar-refractivity contribution in [2.45, 2.75) is 13.8 Å². The molecule has 0 bridgehead atoms. The van der Waals surface area contributed by atoms with Gasteiger partial charge in [-0.05, 0) is 55.8 Å². The normalized spacial score (nSPS) is 10.8. The first kappa shape index (κ1) is 19.1. The van der Waals surface area contributed by atoms with E-state index in [1.54, 1.807) is 35.0 Å². The highest BCUT2D eigenvalue weighted by Gasteiger charge is 2.10. The number of nitrogens with one attached hydrogen (secondary N) is 1. The maximum Gasteiger partial charge on any atom is 0.337 e. The molecular formula is C22H21N3O3. The first-order valence-electron chi connectivity index (χ1n) is 8.78. The fraction of sp³-hybridized carbons (Fsp3) is 0.136. The monoisotopic (exact) mass is 375 g/mol. The maximum atomic E-state index is 12.4. The fourth-order valence-corrected chi connectivity index (χ4v) is 2.83. The number of benzene rings is 2. The lowest BCUT2D eigenvalue weighted by Crippen LogP contribution is -2.11. The number of para-hydroxylation sites is 2. The molecular weight excluding hydrogens is 354 g/mol. The summed E-state index contributed by atoms with van der Waals surface area (Å²) in [4.78, 5) is 23.8. The summed E-state index contributed by atoms with van der Waals surface area (Å²) in [5.74, 6) is -0.653. The number of aryl methyl sites for hydroxylation is 2. The number of hydrogen-bond donors (Lipinski definition) is 1. The zero-order chi connectivity index (χ0) is 20.1. The van der Waals surface area contributed by atoms with Crippen LogP contribution in [0.3, 0.4) is 0 Å². The minimum Gasteiger partial charge on any atom is -0.465 e. The first-order valence-corrected chi connectivity index (χ1v) is 8.78. The van der Waals surface area contributed by atoms with Crippen LogP contribution in [-0.4, -0.2) is 28.8 Å². The van der Waals surface area contributed by atoms with Gasteiger partial charge in [0.25, 0.3) is 0 Å². The van der Waals surface area contributed by atoms with Gasteiger partial charge in [-0.25, -0.2) is 9.48 Å². The van der Waals surface area contributed by atoms with E-state index in [1.165, 1.54) is 13.2 Å². The van der Waals surface area contributed by atoms with Crippen LogP contribution in [0.5, 0.6) is 0 Å². The third kappa shape index (κ3) is 4.35. The molecule has 1 aromatic heterocycles. The van der Waals surface area contributed by atoms with Crippen molar-refractivity contribution in [2.24, 2.45) is 0 Å². The van der Waals surface area contributed by atoms with Crippen molar-refractivity contribution in [1.82, 2.24) is 9.78 Å². The van der Waals surface area contributed by atoms with Crippen molar-refractivity contribution in [3.05, 3.63) is 83.2 Å². The summed E-state index contributed by atoms with van der Waals surface area (Å²) in [5.41, 5.74) is 4.63. The van der Waals surface area contributed by atoms with E-state index in [0.717, 1.165) is 22.6 Å². The zero-order valence-corrected chi connectivity index (χ0v) is 16.0. The molecule has 2 aromatic carbocycles. The Morgan fingerprint density at radius 1 is 1.07 bits per heavy atom. The molecule has 0 spiro atoms. The Morgan fingerprint density at radius 3 is 2.43 bits per heavy atom. The third-order valence-electron chi connectivity index (χ3n) is 4.16. The minimum atomic E-state index is -0.394. The van der Waals surface area contributed by atoms with Crippen molar-refractivity contribution in [3.8, 4) is 5.69 Å². The largest absolute Gasteiger partial charge is 0.465 e. The van der Waals surface area contributed by atoms with E-state index in [1.807, 2.05) is 44.2 Å². The smallest absolute Gasteiger partial charge is 0.337 e. The Labute approximate surface area is 163 Å². The number of amides is 1. The fourth-order valence-electron chi connectivity index (χ4n) is 2.83. The summed E-state index contributed by atoms with van der Waals surface area (Å²) in [6, 6.07) is 16.3. The van der Waals surface area contributed by atoms with Gasteiger partial charge < -0.3 is 10.1 Å². The molecule has 6 nitrogen and oxygen atoms in total. The molecule has 0 radical (unpaired) electrons. The second kappa shape index (κ2) is 8.35. The Balaban J connectivity index is 1.74. The van der Waals surface area contributed by atoms with Crippen molar-refractivity contribution < 1.29 is 14.3 Å². The van der Waals surface area contributed by atoms with Crippen LogP contribution >= 0.6 is 0 Å². The van der Waals surface area contributed by atoms with Crippen LogP contribution in [0.1, 0.15) is 27.3 Å². The number of hydrogen-bond acceptors (Lipinski definition) is 4. The van der Waals surface area contributed by atoms with Crippen LogP contribution in [0.25, 0.3) is 11.8 Å². The number of rotatable bonds is 5. The predicted octanol–water partition coefficient (Wildman–Crippen LogP) is 3.93. The molecule has 0 aliphatic carbocycles. The van der Waals surface area contributed by atoms with Gasteiger partial charge in [0, 0.05) is 11.8 Å². The maximum absolute atomic E-state index is 12.4. The summed E-state index contributed by atoms with van der Waals surface area (Å²) < 4.78 is 6.48. The molecule has 3 rings (SSSR count). The number of carbonyl (C=O) groups excluding carboxylic acids is 2. The van der Waals surface area contributed by atoms with Crippen LogP contribution in [0.2, 0.25) is 0 Å². The van der Waals surface area contributed by atoms with Crippen molar-refractivity contribution in [1.29, 1.82) is 0 Å². The predicted molar refractivity (Wildman–Crippen MR) is 108 cm³/mol. The van der Waals surface area contributed by atoms with Crippen LogP contribution in [-0.2, 0) is 9.53 Å². The summed E-state index contributed by atoms with van der Waals surface area (Å²) in [6.45, 7) is 3.90. The molecule has 142 valence electrons. The third-order valence-corrected chi connectivity index (χ3v) is 4.16. The molecule has 0 unspecified atom stereocenters. The zero-order valence-electron chi connectivity index (χ0n) is 16.0. The lowest BCUT2D eigenvalue weighted by Gasteiger charge is -2.11. The number of methoxy groups -OCH3 is 1. The van der Waals surface area contributed by atoms with E-state index in [2.05, 4.69) is 15.2 Å². The molecule has 28 heavy (non-hydrogen) atoms. The highest BCUT2D eigenvalue weighted by atomic mass is 16.5. The number of anilines is 1. The quantitative estimate of drug-likeness (QED) is 0.542. The highest BCUT2D eigenvalue weighted by molar-refractivity contribution is 6.03. The van der Waals surface area contributed by atoms with E-state index in [9.17, 15) is 9.59 Å². The Kier molecular flexibility index (Phi) is 5.69. The summed E-state index contributed by atoms with van der Waals surface area (Å²) in [7, 11) is 1.34. The average molecular weight is 375 g/mol. The summed E-state index contributed by atoms with van der Waals surface area (Å²) >= 11 is 0. The van der Waals surface area contributed by atoms with Crippen LogP contribution < -0.4 is 5.32 Å². The molecule has 0 saturated heterocycles.